The molecule has 3 N–H and O–H groups in total. The van der Waals surface area contributed by atoms with Crippen LogP contribution < -0.4 is 16.6 Å². The summed E-state index contributed by atoms with van der Waals surface area (Å²) < 4.78 is 14.5. The van der Waals surface area contributed by atoms with Crippen LogP contribution in [0.15, 0.2) is 39.7 Å². The number of carbonyl (C=O) groups is 1. The number of hydrogen-bond acceptors (Lipinski definition) is 3. The number of pyridine rings is 1. The van der Waals surface area contributed by atoms with Crippen molar-refractivity contribution in [2.24, 2.45) is 0 Å². The molecule has 0 saturated carbocycles. The third-order valence-electron chi connectivity index (χ3n) is 2.93. The van der Waals surface area contributed by atoms with Crippen LogP contribution in [0.25, 0.3) is 0 Å². The SMILES string of the molecule is Cc1c(N)cn(CC(=O)Nc2cccc(F)c2)c(=O)c1Br. The molecule has 0 saturated heterocycles. The number of rotatable bonds is 3. The summed E-state index contributed by atoms with van der Waals surface area (Å²) in [6.07, 6.45) is 1.41. The lowest BCUT2D eigenvalue weighted by Crippen LogP contribution is -2.28. The van der Waals surface area contributed by atoms with Crippen LogP contribution in [-0.2, 0) is 11.3 Å². The van der Waals surface area contributed by atoms with Gasteiger partial charge in [0.15, 0.2) is 0 Å². The van der Waals surface area contributed by atoms with Gasteiger partial charge in [-0.25, -0.2) is 4.39 Å². The average molecular weight is 354 g/mol. The van der Waals surface area contributed by atoms with Crippen molar-refractivity contribution < 1.29 is 9.18 Å². The molecule has 1 heterocycles. The molecule has 0 aliphatic carbocycles. The van der Waals surface area contributed by atoms with Crippen LogP contribution in [0.5, 0.6) is 0 Å². The highest BCUT2D eigenvalue weighted by atomic mass is 79.9. The van der Waals surface area contributed by atoms with Crippen LogP contribution in [0.4, 0.5) is 15.8 Å². The van der Waals surface area contributed by atoms with Gasteiger partial charge in [-0.2, -0.15) is 0 Å². The van der Waals surface area contributed by atoms with Gasteiger partial charge in [0.25, 0.3) is 5.56 Å². The van der Waals surface area contributed by atoms with Crippen molar-refractivity contribution in [3.05, 3.63) is 56.7 Å². The Kier molecular flexibility index (Phi) is 4.42. The van der Waals surface area contributed by atoms with Gasteiger partial charge in [-0.3, -0.25) is 9.59 Å². The van der Waals surface area contributed by atoms with Gasteiger partial charge in [0.1, 0.15) is 12.4 Å². The number of nitrogen functional groups attached to an aromatic ring is 1. The zero-order valence-corrected chi connectivity index (χ0v) is 12.8. The van der Waals surface area contributed by atoms with Crippen molar-refractivity contribution in [2.75, 3.05) is 11.1 Å². The molecule has 0 bridgehead atoms. The summed E-state index contributed by atoms with van der Waals surface area (Å²) in [7, 11) is 0. The number of benzene rings is 1. The second-order valence-corrected chi connectivity index (χ2v) is 5.31. The molecule has 110 valence electrons. The monoisotopic (exact) mass is 353 g/mol. The molecule has 0 aliphatic rings. The molecule has 5 nitrogen and oxygen atoms in total. The van der Waals surface area contributed by atoms with E-state index >= 15 is 0 Å². The molecule has 1 aromatic heterocycles. The maximum Gasteiger partial charge on any atom is 0.265 e. The first-order valence-corrected chi connectivity index (χ1v) is 6.88. The van der Waals surface area contributed by atoms with Crippen molar-refractivity contribution in [3.63, 3.8) is 0 Å². The van der Waals surface area contributed by atoms with Crippen molar-refractivity contribution in [2.45, 2.75) is 13.5 Å². The summed E-state index contributed by atoms with van der Waals surface area (Å²) in [5, 5.41) is 2.52. The second kappa shape index (κ2) is 6.09. The van der Waals surface area contributed by atoms with E-state index in [0.717, 1.165) is 0 Å². The minimum Gasteiger partial charge on any atom is -0.397 e. The number of carbonyl (C=O) groups excluding carboxylic acids is 1. The van der Waals surface area contributed by atoms with Crippen LogP contribution in [0.3, 0.4) is 0 Å². The number of anilines is 2. The highest BCUT2D eigenvalue weighted by molar-refractivity contribution is 9.10. The molecule has 0 spiro atoms. The Hall–Kier alpha value is -2.15. The Labute approximate surface area is 128 Å². The van der Waals surface area contributed by atoms with E-state index in [1.807, 2.05) is 0 Å². The van der Waals surface area contributed by atoms with Crippen molar-refractivity contribution >= 4 is 33.2 Å². The van der Waals surface area contributed by atoms with Gasteiger partial charge in [0.2, 0.25) is 5.91 Å². The van der Waals surface area contributed by atoms with Gasteiger partial charge >= 0.3 is 0 Å². The molecule has 2 aromatic rings. The van der Waals surface area contributed by atoms with E-state index < -0.39 is 11.7 Å². The summed E-state index contributed by atoms with van der Waals surface area (Å²) in [6.45, 7) is 1.50. The maximum absolute atomic E-state index is 13.0. The molecule has 7 heteroatoms. The van der Waals surface area contributed by atoms with E-state index in [2.05, 4.69) is 21.2 Å². The topological polar surface area (TPSA) is 77.1 Å². The molecule has 21 heavy (non-hydrogen) atoms. The van der Waals surface area contributed by atoms with Gasteiger partial charge in [-0.15, -0.1) is 0 Å². The predicted molar refractivity (Wildman–Crippen MR) is 82.6 cm³/mol. The quantitative estimate of drug-likeness (QED) is 0.888. The van der Waals surface area contributed by atoms with Crippen LogP contribution in [-0.4, -0.2) is 10.5 Å². The van der Waals surface area contributed by atoms with E-state index in [1.54, 1.807) is 13.0 Å². The Morgan fingerprint density at radius 1 is 1.48 bits per heavy atom. The average Bonchev–Trinajstić information content (AvgIpc) is 2.42. The van der Waals surface area contributed by atoms with Crippen LogP contribution in [0.1, 0.15) is 5.56 Å². The summed E-state index contributed by atoms with van der Waals surface area (Å²) in [5.74, 6) is -0.898. The molecule has 1 amide bonds. The van der Waals surface area contributed by atoms with E-state index in [-0.39, 0.29) is 12.1 Å². The molecule has 0 unspecified atom stereocenters. The largest absolute Gasteiger partial charge is 0.397 e. The zero-order chi connectivity index (χ0) is 15.6. The first-order valence-electron chi connectivity index (χ1n) is 6.09. The fraction of sp³-hybridized carbons (Fsp3) is 0.143. The number of nitrogens with one attached hydrogen (secondary N) is 1. The van der Waals surface area contributed by atoms with Crippen LogP contribution in [0.2, 0.25) is 0 Å². The Bertz CT molecular complexity index is 758. The number of nitrogens with zero attached hydrogens (tertiary/aromatic N) is 1. The fourth-order valence-corrected chi connectivity index (χ4v) is 2.23. The molecule has 0 aliphatic heterocycles. The van der Waals surface area contributed by atoms with Crippen LogP contribution in [0, 0.1) is 12.7 Å². The predicted octanol–water partition coefficient (Wildman–Crippen LogP) is 2.28. The number of halogens is 2. The summed E-state index contributed by atoms with van der Waals surface area (Å²) in [5.41, 5.74) is 6.77. The van der Waals surface area contributed by atoms with Gasteiger partial charge in [0, 0.05) is 11.9 Å². The van der Waals surface area contributed by atoms with E-state index in [1.165, 1.54) is 29.0 Å². The number of amides is 1. The number of nitrogens with two attached hydrogens (primary N) is 1. The molecule has 1 aromatic carbocycles. The lowest BCUT2D eigenvalue weighted by atomic mass is 10.2. The first-order chi connectivity index (χ1) is 9.88. The van der Waals surface area contributed by atoms with E-state index in [9.17, 15) is 14.0 Å². The zero-order valence-electron chi connectivity index (χ0n) is 11.2. The normalized spacial score (nSPS) is 10.4. The third-order valence-corrected chi connectivity index (χ3v) is 3.86. The first kappa shape index (κ1) is 15.2. The standard InChI is InChI=1S/C14H13BrFN3O2/c1-8-11(17)6-19(14(21)13(8)15)7-12(20)18-10-4-2-3-9(16)5-10/h2-6H,7,17H2,1H3,(H,18,20). The fourth-order valence-electron chi connectivity index (χ4n) is 1.78. The van der Waals surface area contributed by atoms with Crippen molar-refractivity contribution in [1.29, 1.82) is 0 Å². The summed E-state index contributed by atoms with van der Waals surface area (Å²) in [6, 6.07) is 5.51. The Morgan fingerprint density at radius 3 is 2.86 bits per heavy atom. The van der Waals surface area contributed by atoms with Crippen molar-refractivity contribution in [3.8, 4) is 0 Å². The maximum atomic E-state index is 13.0. The minimum absolute atomic E-state index is 0.210. The van der Waals surface area contributed by atoms with Gasteiger partial charge in [-0.05, 0) is 46.6 Å². The van der Waals surface area contributed by atoms with Crippen LogP contribution >= 0.6 is 15.9 Å². The third kappa shape index (κ3) is 3.49. The summed E-state index contributed by atoms with van der Waals surface area (Å²) >= 11 is 3.15. The lowest BCUT2D eigenvalue weighted by molar-refractivity contribution is -0.116. The molecule has 0 atom stereocenters. The number of aromatic nitrogens is 1. The van der Waals surface area contributed by atoms with Gasteiger partial charge < -0.3 is 15.6 Å². The highest BCUT2D eigenvalue weighted by Crippen LogP contribution is 2.17. The minimum atomic E-state index is -0.452. The molecular weight excluding hydrogens is 341 g/mol. The van der Waals surface area contributed by atoms with Gasteiger partial charge in [0.05, 0.1) is 10.2 Å². The smallest absolute Gasteiger partial charge is 0.265 e. The molecule has 2 rings (SSSR count). The Morgan fingerprint density at radius 2 is 2.19 bits per heavy atom. The van der Waals surface area contributed by atoms with E-state index in [0.29, 0.717) is 21.4 Å². The molecule has 0 radical (unpaired) electrons. The summed E-state index contributed by atoms with van der Waals surface area (Å²) in [4.78, 5) is 23.9. The Balaban J connectivity index is 2.19. The number of hydrogen-bond donors (Lipinski definition) is 2. The van der Waals surface area contributed by atoms with E-state index in [4.69, 9.17) is 5.73 Å². The molecular formula is C14H13BrFN3O2. The van der Waals surface area contributed by atoms with Gasteiger partial charge in [-0.1, -0.05) is 6.07 Å². The lowest BCUT2D eigenvalue weighted by Gasteiger charge is -2.11. The van der Waals surface area contributed by atoms with Crippen molar-refractivity contribution in [1.82, 2.24) is 4.57 Å². The molecule has 0 fully saturated rings. The highest BCUT2D eigenvalue weighted by Gasteiger charge is 2.11. The second-order valence-electron chi connectivity index (χ2n) is 4.52.